The van der Waals surface area contributed by atoms with Crippen molar-refractivity contribution in [1.82, 2.24) is 15.5 Å². The summed E-state index contributed by atoms with van der Waals surface area (Å²) < 4.78 is 6.66. The summed E-state index contributed by atoms with van der Waals surface area (Å²) in [4.78, 5) is 0. The van der Waals surface area contributed by atoms with Crippen molar-refractivity contribution in [2.24, 2.45) is 0 Å². The summed E-state index contributed by atoms with van der Waals surface area (Å²) in [5, 5.41) is 11.9. The van der Waals surface area contributed by atoms with Crippen LogP contribution in [0.3, 0.4) is 0 Å². The van der Waals surface area contributed by atoms with Gasteiger partial charge >= 0.3 is 0 Å². The van der Waals surface area contributed by atoms with E-state index in [0.29, 0.717) is 16.8 Å². The zero-order chi connectivity index (χ0) is 13.1. The molecule has 0 aliphatic heterocycles. The lowest BCUT2D eigenvalue weighted by Crippen LogP contribution is -2.15. The van der Waals surface area contributed by atoms with E-state index in [-0.39, 0.29) is 6.04 Å². The van der Waals surface area contributed by atoms with Gasteiger partial charge in [-0.2, -0.15) is 0 Å². The first-order chi connectivity index (χ1) is 8.65. The molecule has 18 heavy (non-hydrogen) atoms. The molecule has 0 aliphatic rings. The fourth-order valence-electron chi connectivity index (χ4n) is 1.62. The second kappa shape index (κ2) is 5.99. The van der Waals surface area contributed by atoms with Gasteiger partial charge in [-0.1, -0.05) is 18.5 Å². The Morgan fingerprint density at radius 1 is 1.44 bits per heavy atom. The second-order valence-corrected chi connectivity index (χ2v) is 5.39. The van der Waals surface area contributed by atoms with Gasteiger partial charge in [0.15, 0.2) is 0 Å². The highest BCUT2D eigenvalue weighted by atomic mass is 127. The van der Waals surface area contributed by atoms with Gasteiger partial charge in [-0.15, -0.1) is 10.2 Å². The van der Waals surface area contributed by atoms with Gasteiger partial charge in [0.2, 0.25) is 11.8 Å². The summed E-state index contributed by atoms with van der Waals surface area (Å²) >= 11 is 8.26. The Morgan fingerprint density at radius 2 is 2.22 bits per heavy atom. The Morgan fingerprint density at radius 3 is 2.83 bits per heavy atom. The van der Waals surface area contributed by atoms with Crippen LogP contribution in [0.15, 0.2) is 22.6 Å². The molecule has 0 aliphatic carbocycles. The molecule has 1 unspecified atom stereocenters. The molecule has 0 spiro atoms. The van der Waals surface area contributed by atoms with Crippen molar-refractivity contribution in [2.45, 2.75) is 19.4 Å². The fourth-order valence-corrected chi connectivity index (χ4v) is 2.14. The van der Waals surface area contributed by atoms with E-state index in [1.165, 1.54) is 0 Å². The number of nitrogens with one attached hydrogen (secondary N) is 1. The van der Waals surface area contributed by atoms with E-state index < -0.39 is 0 Å². The molecular formula is C12H13ClIN3O. The molecule has 0 saturated carbocycles. The molecule has 1 aromatic heterocycles. The SMILES string of the molecule is CCC(NC)c1nnc(-c2ccc(I)c(Cl)c2)o1. The molecule has 0 bridgehead atoms. The summed E-state index contributed by atoms with van der Waals surface area (Å²) in [5.74, 6) is 1.10. The highest BCUT2D eigenvalue weighted by Gasteiger charge is 2.16. The Kier molecular flexibility index (Phi) is 4.58. The largest absolute Gasteiger partial charge is 0.419 e. The van der Waals surface area contributed by atoms with Gasteiger partial charge < -0.3 is 9.73 Å². The summed E-state index contributed by atoms with van der Waals surface area (Å²) in [6, 6.07) is 5.77. The van der Waals surface area contributed by atoms with E-state index in [4.69, 9.17) is 16.0 Å². The van der Waals surface area contributed by atoms with Crippen LogP contribution in [0.4, 0.5) is 0 Å². The summed E-state index contributed by atoms with van der Waals surface area (Å²) in [6.45, 7) is 2.06. The zero-order valence-corrected chi connectivity index (χ0v) is 13.0. The smallest absolute Gasteiger partial charge is 0.247 e. The minimum atomic E-state index is 0.0885. The van der Waals surface area contributed by atoms with Crippen LogP contribution in [0.25, 0.3) is 11.5 Å². The predicted molar refractivity (Wildman–Crippen MR) is 79.6 cm³/mol. The minimum absolute atomic E-state index is 0.0885. The van der Waals surface area contributed by atoms with Crippen molar-refractivity contribution in [3.63, 3.8) is 0 Å². The molecule has 0 amide bonds. The monoisotopic (exact) mass is 377 g/mol. The van der Waals surface area contributed by atoms with Crippen LogP contribution in [-0.2, 0) is 0 Å². The van der Waals surface area contributed by atoms with Crippen LogP contribution in [0.1, 0.15) is 25.3 Å². The van der Waals surface area contributed by atoms with Crippen LogP contribution in [-0.4, -0.2) is 17.2 Å². The van der Waals surface area contributed by atoms with Crippen LogP contribution in [0, 0.1) is 3.57 Å². The molecule has 96 valence electrons. The van der Waals surface area contributed by atoms with Crippen molar-refractivity contribution in [3.8, 4) is 11.5 Å². The minimum Gasteiger partial charge on any atom is -0.419 e. The maximum atomic E-state index is 6.08. The molecule has 0 saturated heterocycles. The maximum absolute atomic E-state index is 6.08. The topological polar surface area (TPSA) is 51.0 Å². The number of hydrogen-bond donors (Lipinski definition) is 1. The van der Waals surface area contributed by atoms with Gasteiger partial charge in [0, 0.05) is 9.13 Å². The lowest BCUT2D eigenvalue weighted by Gasteiger charge is -2.07. The van der Waals surface area contributed by atoms with E-state index in [1.54, 1.807) is 0 Å². The average molecular weight is 378 g/mol. The van der Waals surface area contributed by atoms with Crippen LogP contribution >= 0.6 is 34.2 Å². The van der Waals surface area contributed by atoms with Gasteiger partial charge in [0.25, 0.3) is 0 Å². The Bertz CT molecular complexity index is 540. The third kappa shape index (κ3) is 2.84. The third-order valence-electron chi connectivity index (χ3n) is 2.66. The van der Waals surface area contributed by atoms with E-state index in [1.807, 2.05) is 25.2 Å². The molecule has 0 radical (unpaired) electrons. The van der Waals surface area contributed by atoms with Crippen LogP contribution < -0.4 is 5.32 Å². The molecule has 0 fully saturated rings. The van der Waals surface area contributed by atoms with Crippen LogP contribution in [0.5, 0.6) is 0 Å². The van der Waals surface area contributed by atoms with Crippen molar-refractivity contribution < 1.29 is 4.42 Å². The van der Waals surface area contributed by atoms with Gasteiger partial charge in [-0.3, -0.25) is 0 Å². The molecule has 1 atom stereocenters. The molecule has 1 aromatic carbocycles. The van der Waals surface area contributed by atoms with E-state index in [9.17, 15) is 0 Å². The lowest BCUT2D eigenvalue weighted by atomic mass is 10.2. The first kappa shape index (κ1) is 13.8. The van der Waals surface area contributed by atoms with Gasteiger partial charge in [-0.25, -0.2) is 0 Å². The first-order valence-corrected chi connectivity index (χ1v) is 7.07. The first-order valence-electron chi connectivity index (χ1n) is 5.61. The van der Waals surface area contributed by atoms with Gasteiger partial charge in [-0.05, 0) is 54.3 Å². The van der Waals surface area contributed by atoms with E-state index >= 15 is 0 Å². The average Bonchev–Trinajstić information content (AvgIpc) is 2.84. The number of halogens is 2. The third-order valence-corrected chi connectivity index (χ3v) is 4.23. The highest BCUT2D eigenvalue weighted by Crippen LogP contribution is 2.27. The molecule has 2 aromatic rings. The molecule has 6 heteroatoms. The van der Waals surface area contributed by atoms with Crippen molar-refractivity contribution >= 4 is 34.2 Å². The predicted octanol–water partition coefficient (Wildman–Crippen LogP) is 3.67. The Labute approximate surface area is 124 Å². The fraction of sp³-hybridized carbons (Fsp3) is 0.333. The number of aromatic nitrogens is 2. The van der Waals surface area contributed by atoms with Gasteiger partial charge in [0.05, 0.1) is 11.1 Å². The lowest BCUT2D eigenvalue weighted by molar-refractivity contribution is 0.415. The number of hydrogen-bond acceptors (Lipinski definition) is 4. The molecule has 4 nitrogen and oxygen atoms in total. The normalized spacial score (nSPS) is 12.7. The quantitative estimate of drug-likeness (QED) is 0.826. The summed E-state index contributed by atoms with van der Waals surface area (Å²) in [7, 11) is 1.87. The van der Waals surface area contributed by atoms with Crippen LogP contribution in [0.2, 0.25) is 5.02 Å². The van der Waals surface area contributed by atoms with Crippen molar-refractivity contribution in [3.05, 3.63) is 32.7 Å². The summed E-state index contributed by atoms with van der Waals surface area (Å²) in [6.07, 6.45) is 0.894. The number of rotatable bonds is 4. The standard InChI is InChI=1S/C12H13ClIN3O/c1-3-10(15-2)12-17-16-11(18-12)7-4-5-9(14)8(13)6-7/h4-6,10,15H,3H2,1-2H3. The number of benzene rings is 1. The summed E-state index contributed by atoms with van der Waals surface area (Å²) in [5.41, 5.74) is 0.838. The molecule has 1 N–H and O–H groups in total. The molecule has 2 rings (SSSR count). The highest BCUT2D eigenvalue weighted by molar-refractivity contribution is 14.1. The maximum Gasteiger partial charge on any atom is 0.247 e. The van der Waals surface area contributed by atoms with E-state index in [2.05, 4.69) is 45.0 Å². The molecular weight excluding hydrogens is 365 g/mol. The van der Waals surface area contributed by atoms with Crippen molar-refractivity contribution in [2.75, 3.05) is 7.05 Å². The van der Waals surface area contributed by atoms with Crippen molar-refractivity contribution in [1.29, 1.82) is 0 Å². The zero-order valence-electron chi connectivity index (χ0n) is 10.1. The van der Waals surface area contributed by atoms with Gasteiger partial charge in [0.1, 0.15) is 0 Å². The second-order valence-electron chi connectivity index (χ2n) is 3.82. The Balaban J connectivity index is 2.31. The molecule has 1 heterocycles. The Hall–Kier alpha value is -0.660. The van der Waals surface area contributed by atoms with E-state index in [0.717, 1.165) is 15.6 Å². The number of nitrogens with zero attached hydrogens (tertiary/aromatic N) is 2.